The van der Waals surface area contributed by atoms with Crippen molar-refractivity contribution >= 4 is 39.1 Å². The fraction of sp³-hybridized carbons (Fsp3) is 0.417. The van der Waals surface area contributed by atoms with E-state index in [4.69, 9.17) is 17.3 Å². The Morgan fingerprint density at radius 2 is 2.29 bits per heavy atom. The van der Waals surface area contributed by atoms with Crippen LogP contribution in [0.3, 0.4) is 0 Å². The lowest BCUT2D eigenvalue weighted by Gasteiger charge is -2.07. The smallest absolute Gasteiger partial charge is 0.224 e. The van der Waals surface area contributed by atoms with E-state index in [0.29, 0.717) is 17.1 Å². The van der Waals surface area contributed by atoms with E-state index in [-0.39, 0.29) is 11.9 Å². The molecule has 0 saturated carbocycles. The summed E-state index contributed by atoms with van der Waals surface area (Å²) in [6.07, 6.45) is 2.14. The Morgan fingerprint density at radius 3 is 2.88 bits per heavy atom. The molecule has 0 aromatic heterocycles. The molecule has 0 heterocycles. The minimum Gasteiger partial charge on any atom is -0.328 e. The van der Waals surface area contributed by atoms with E-state index in [0.717, 1.165) is 17.3 Å². The average Bonchev–Trinajstić information content (AvgIpc) is 2.23. The summed E-state index contributed by atoms with van der Waals surface area (Å²) in [6.45, 7) is 1.94. The molecular formula is C12H16BrClN2O. The molecule has 0 aliphatic rings. The summed E-state index contributed by atoms with van der Waals surface area (Å²) in [7, 11) is 0. The first-order valence-electron chi connectivity index (χ1n) is 5.49. The Labute approximate surface area is 115 Å². The number of rotatable bonds is 5. The maximum atomic E-state index is 11.6. The standard InChI is InChI=1S/C12H16BrClN2O/c1-8(15)3-2-4-12(17)16-9-5-6-10(13)11(14)7-9/h5-8H,2-4,15H2,1H3,(H,16,17). The number of carbonyl (C=O) groups is 1. The Bertz CT molecular complexity index is 396. The number of anilines is 1. The summed E-state index contributed by atoms with van der Waals surface area (Å²) in [5.74, 6) is -0.0101. The van der Waals surface area contributed by atoms with Crippen molar-refractivity contribution in [2.24, 2.45) is 5.73 Å². The second-order valence-corrected chi connectivity index (χ2v) is 5.31. The first-order chi connectivity index (χ1) is 7.99. The van der Waals surface area contributed by atoms with Crippen LogP contribution in [0.4, 0.5) is 5.69 Å². The summed E-state index contributed by atoms with van der Waals surface area (Å²) >= 11 is 9.22. The summed E-state index contributed by atoms with van der Waals surface area (Å²) in [4.78, 5) is 11.6. The molecule has 0 spiro atoms. The van der Waals surface area contributed by atoms with Crippen LogP contribution in [0.25, 0.3) is 0 Å². The van der Waals surface area contributed by atoms with Crippen LogP contribution in [0.15, 0.2) is 22.7 Å². The third kappa shape index (κ3) is 5.52. The van der Waals surface area contributed by atoms with E-state index >= 15 is 0 Å². The number of nitrogens with two attached hydrogens (primary N) is 1. The molecule has 0 bridgehead atoms. The van der Waals surface area contributed by atoms with Gasteiger partial charge in [0.2, 0.25) is 5.91 Å². The van der Waals surface area contributed by atoms with Crippen LogP contribution in [0.2, 0.25) is 5.02 Å². The molecule has 0 saturated heterocycles. The maximum absolute atomic E-state index is 11.6. The van der Waals surface area contributed by atoms with E-state index in [2.05, 4.69) is 21.2 Å². The SMILES string of the molecule is CC(N)CCCC(=O)Nc1ccc(Br)c(Cl)c1. The van der Waals surface area contributed by atoms with E-state index in [1.807, 2.05) is 6.92 Å². The van der Waals surface area contributed by atoms with E-state index in [1.54, 1.807) is 18.2 Å². The second-order valence-electron chi connectivity index (χ2n) is 4.05. The molecule has 3 N–H and O–H groups in total. The van der Waals surface area contributed by atoms with Crippen LogP contribution in [-0.4, -0.2) is 11.9 Å². The molecule has 17 heavy (non-hydrogen) atoms. The number of hydrogen-bond donors (Lipinski definition) is 2. The van der Waals surface area contributed by atoms with Gasteiger partial charge in [-0.15, -0.1) is 0 Å². The molecular weight excluding hydrogens is 304 g/mol. The summed E-state index contributed by atoms with van der Waals surface area (Å²) in [5, 5.41) is 3.38. The third-order valence-corrected chi connectivity index (χ3v) is 3.50. The van der Waals surface area contributed by atoms with Gasteiger partial charge in [-0.25, -0.2) is 0 Å². The highest BCUT2D eigenvalue weighted by Gasteiger charge is 2.05. The van der Waals surface area contributed by atoms with Crippen molar-refractivity contribution in [2.45, 2.75) is 32.2 Å². The Morgan fingerprint density at radius 1 is 1.59 bits per heavy atom. The maximum Gasteiger partial charge on any atom is 0.224 e. The lowest BCUT2D eigenvalue weighted by molar-refractivity contribution is -0.116. The van der Waals surface area contributed by atoms with Gasteiger partial charge < -0.3 is 11.1 Å². The fourth-order valence-electron chi connectivity index (χ4n) is 1.38. The van der Waals surface area contributed by atoms with Gasteiger partial charge in [-0.3, -0.25) is 4.79 Å². The van der Waals surface area contributed by atoms with Crippen LogP contribution in [0, 0.1) is 0 Å². The first-order valence-corrected chi connectivity index (χ1v) is 6.66. The number of nitrogens with one attached hydrogen (secondary N) is 1. The number of hydrogen-bond acceptors (Lipinski definition) is 2. The molecule has 1 amide bonds. The number of carbonyl (C=O) groups excluding carboxylic acids is 1. The topological polar surface area (TPSA) is 55.1 Å². The normalized spacial score (nSPS) is 12.2. The number of halogens is 2. The Kier molecular flexibility index (Phi) is 5.95. The Balaban J connectivity index is 2.42. The predicted octanol–water partition coefficient (Wildman–Crippen LogP) is 3.56. The molecule has 0 aliphatic heterocycles. The van der Waals surface area contributed by atoms with Gasteiger partial charge in [0.15, 0.2) is 0 Å². The van der Waals surface area contributed by atoms with E-state index in [9.17, 15) is 4.79 Å². The summed E-state index contributed by atoms with van der Waals surface area (Å²) in [5.41, 5.74) is 6.33. The predicted molar refractivity (Wildman–Crippen MR) is 75.3 cm³/mol. The van der Waals surface area contributed by atoms with Gasteiger partial charge in [0, 0.05) is 22.6 Å². The van der Waals surface area contributed by atoms with Gasteiger partial charge in [-0.05, 0) is 53.9 Å². The lowest BCUT2D eigenvalue weighted by atomic mass is 10.1. The van der Waals surface area contributed by atoms with Crippen LogP contribution in [0.1, 0.15) is 26.2 Å². The molecule has 0 radical (unpaired) electrons. The van der Waals surface area contributed by atoms with Crippen molar-refractivity contribution in [1.82, 2.24) is 0 Å². The van der Waals surface area contributed by atoms with Gasteiger partial charge in [0.25, 0.3) is 0 Å². The van der Waals surface area contributed by atoms with Gasteiger partial charge >= 0.3 is 0 Å². The highest BCUT2D eigenvalue weighted by molar-refractivity contribution is 9.10. The molecule has 1 unspecified atom stereocenters. The highest BCUT2D eigenvalue weighted by atomic mass is 79.9. The number of amides is 1. The molecule has 1 aromatic rings. The summed E-state index contributed by atoms with van der Waals surface area (Å²) < 4.78 is 0.814. The average molecular weight is 320 g/mol. The minimum atomic E-state index is -0.0101. The Hall–Kier alpha value is -0.580. The van der Waals surface area contributed by atoms with Crippen molar-refractivity contribution in [2.75, 3.05) is 5.32 Å². The molecule has 1 atom stereocenters. The van der Waals surface area contributed by atoms with Crippen molar-refractivity contribution < 1.29 is 4.79 Å². The zero-order valence-electron chi connectivity index (χ0n) is 9.67. The monoisotopic (exact) mass is 318 g/mol. The van der Waals surface area contributed by atoms with Crippen LogP contribution in [0.5, 0.6) is 0 Å². The van der Waals surface area contributed by atoms with Crippen molar-refractivity contribution in [3.05, 3.63) is 27.7 Å². The molecule has 0 aliphatic carbocycles. The molecule has 1 rings (SSSR count). The van der Waals surface area contributed by atoms with Crippen LogP contribution >= 0.6 is 27.5 Å². The summed E-state index contributed by atoms with van der Waals surface area (Å²) in [6, 6.07) is 5.47. The molecule has 5 heteroatoms. The molecule has 1 aromatic carbocycles. The zero-order chi connectivity index (χ0) is 12.8. The zero-order valence-corrected chi connectivity index (χ0v) is 12.0. The van der Waals surface area contributed by atoms with E-state index in [1.165, 1.54) is 0 Å². The highest BCUT2D eigenvalue weighted by Crippen LogP contribution is 2.25. The third-order valence-electron chi connectivity index (χ3n) is 2.27. The van der Waals surface area contributed by atoms with Crippen LogP contribution in [-0.2, 0) is 4.79 Å². The van der Waals surface area contributed by atoms with Gasteiger partial charge in [-0.1, -0.05) is 11.6 Å². The van der Waals surface area contributed by atoms with E-state index < -0.39 is 0 Å². The van der Waals surface area contributed by atoms with Gasteiger partial charge in [0.05, 0.1) is 5.02 Å². The van der Waals surface area contributed by atoms with Crippen molar-refractivity contribution in [3.8, 4) is 0 Å². The van der Waals surface area contributed by atoms with Crippen molar-refractivity contribution in [3.63, 3.8) is 0 Å². The molecule has 0 fully saturated rings. The number of benzene rings is 1. The van der Waals surface area contributed by atoms with Crippen LogP contribution < -0.4 is 11.1 Å². The van der Waals surface area contributed by atoms with Gasteiger partial charge in [0.1, 0.15) is 0 Å². The lowest BCUT2D eigenvalue weighted by Crippen LogP contribution is -2.16. The first kappa shape index (κ1) is 14.5. The largest absolute Gasteiger partial charge is 0.328 e. The quantitative estimate of drug-likeness (QED) is 0.872. The minimum absolute atomic E-state index is 0.0101. The molecule has 94 valence electrons. The van der Waals surface area contributed by atoms with Crippen molar-refractivity contribution in [1.29, 1.82) is 0 Å². The fourth-order valence-corrected chi connectivity index (χ4v) is 1.81. The molecule has 3 nitrogen and oxygen atoms in total. The van der Waals surface area contributed by atoms with Gasteiger partial charge in [-0.2, -0.15) is 0 Å². The second kappa shape index (κ2) is 6.99.